The van der Waals surface area contributed by atoms with Crippen molar-refractivity contribution in [2.45, 2.75) is 52.9 Å². The monoisotopic (exact) mass is 419 g/mol. The summed E-state index contributed by atoms with van der Waals surface area (Å²) in [6.07, 6.45) is 5.09. The van der Waals surface area contributed by atoms with E-state index in [1.54, 1.807) is 17.0 Å². The molecule has 1 saturated carbocycles. The van der Waals surface area contributed by atoms with Gasteiger partial charge in [-0.25, -0.2) is 4.79 Å². The van der Waals surface area contributed by atoms with Gasteiger partial charge in [0.2, 0.25) is 5.91 Å². The molecule has 160 valence electrons. The Morgan fingerprint density at radius 1 is 1.00 bits per heavy atom. The van der Waals surface area contributed by atoms with Crippen LogP contribution in [0.5, 0.6) is 0 Å². The quantitative estimate of drug-likeness (QED) is 0.710. The third-order valence-corrected chi connectivity index (χ3v) is 6.71. The van der Waals surface area contributed by atoms with E-state index in [9.17, 15) is 9.59 Å². The standard InChI is InChI=1S/C23H34ClN3O2/c1-23(2,3)18-10-8-17(9-11-18)21(28)26-12-5-13-27(15-14-26)22(29)25-20-7-4-6-19(24)16-20/h4,6-7,16-18H,5,8-15H2,1-3H3,(H,25,29). The number of carbonyl (C=O) groups is 2. The summed E-state index contributed by atoms with van der Waals surface area (Å²) in [6, 6.07) is 7.02. The number of halogens is 1. The van der Waals surface area contributed by atoms with Gasteiger partial charge in [-0.15, -0.1) is 0 Å². The van der Waals surface area contributed by atoms with E-state index in [-0.39, 0.29) is 17.9 Å². The van der Waals surface area contributed by atoms with E-state index >= 15 is 0 Å². The Labute approximate surface area is 179 Å². The Hall–Kier alpha value is -1.75. The average Bonchev–Trinajstić information content (AvgIpc) is 2.93. The number of benzene rings is 1. The zero-order chi connectivity index (χ0) is 21.0. The minimum atomic E-state index is -0.132. The molecule has 5 nitrogen and oxygen atoms in total. The number of anilines is 1. The smallest absolute Gasteiger partial charge is 0.321 e. The lowest BCUT2D eigenvalue weighted by Gasteiger charge is -2.37. The average molecular weight is 420 g/mol. The molecule has 1 aliphatic heterocycles. The Morgan fingerprint density at radius 2 is 1.66 bits per heavy atom. The second-order valence-electron chi connectivity index (χ2n) is 9.52. The van der Waals surface area contributed by atoms with Crippen LogP contribution in [0, 0.1) is 17.3 Å². The summed E-state index contributed by atoms with van der Waals surface area (Å²) in [5.74, 6) is 1.15. The number of hydrogen-bond donors (Lipinski definition) is 1. The molecule has 6 heteroatoms. The molecule has 0 bridgehead atoms. The number of nitrogens with zero attached hydrogens (tertiary/aromatic N) is 2. The van der Waals surface area contributed by atoms with Crippen LogP contribution in [0.3, 0.4) is 0 Å². The number of amides is 3. The van der Waals surface area contributed by atoms with Gasteiger partial charge in [0.05, 0.1) is 0 Å². The molecule has 0 radical (unpaired) electrons. The van der Waals surface area contributed by atoms with Crippen molar-refractivity contribution >= 4 is 29.2 Å². The van der Waals surface area contributed by atoms with Gasteiger partial charge in [0.1, 0.15) is 0 Å². The van der Waals surface area contributed by atoms with E-state index in [0.29, 0.717) is 41.7 Å². The van der Waals surface area contributed by atoms with Crippen molar-refractivity contribution in [1.82, 2.24) is 9.80 Å². The van der Waals surface area contributed by atoms with Crippen molar-refractivity contribution in [3.8, 4) is 0 Å². The summed E-state index contributed by atoms with van der Waals surface area (Å²) in [7, 11) is 0. The van der Waals surface area contributed by atoms with Crippen LogP contribution >= 0.6 is 11.6 Å². The Kier molecular flexibility index (Phi) is 7.10. The first-order valence-corrected chi connectivity index (χ1v) is 11.2. The molecular formula is C23H34ClN3O2. The number of nitrogens with one attached hydrogen (secondary N) is 1. The van der Waals surface area contributed by atoms with Crippen molar-refractivity contribution in [2.75, 3.05) is 31.5 Å². The molecule has 2 fully saturated rings. The Balaban J connectivity index is 1.50. The van der Waals surface area contributed by atoms with Crippen molar-refractivity contribution in [3.05, 3.63) is 29.3 Å². The van der Waals surface area contributed by atoms with Crippen molar-refractivity contribution in [2.24, 2.45) is 17.3 Å². The highest BCUT2D eigenvalue weighted by Gasteiger charge is 2.34. The zero-order valence-electron chi connectivity index (χ0n) is 17.9. The van der Waals surface area contributed by atoms with Gasteiger partial charge in [0.25, 0.3) is 0 Å². The first kappa shape index (κ1) is 21.9. The molecule has 3 rings (SSSR count). The first-order valence-electron chi connectivity index (χ1n) is 10.8. The van der Waals surface area contributed by atoms with E-state index in [1.165, 1.54) is 0 Å². The highest BCUT2D eigenvalue weighted by Crippen LogP contribution is 2.40. The highest BCUT2D eigenvalue weighted by atomic mass is 35.5. The van der Waals surface area contributed by atoms with E-state index in [0.717, 1.165) is 38.6 Å². The lowest BCUT2D eigenvalue weighted by Crippen LogP contribution is -2.42. The van der Waals surface area contributed by atoms with Crippen LogP contribution in [0.1, 0.15) is 52.9 Å². The van der Waals surface area contributed by atoms with Gasteiger partial charge in [-0.1, -0.05) is 38.4 Å². The third kappa shape index (κ3) is 5.88. The Bertz CT molecular complexity index is 723. The third-order valence-electron chi connectivity index (χ3n) is 6.47. The maximum Gasteiger partial charge on any atom is 0.321 e. The minimum absolute atomic E-state index is 0.132. The molecule has 29 heavy (non-hydrogen) atoms. The molecule has 3 amide bonds. The summed E-state index contributed by atoms with van der Waals surface area (Å²) in [5.41, 5.74) is 1.02. The second-order valence-corrected chi connectivity index (χ2v) is 9.96. The molecule has 0 atom stereocenters. The molecule has 2 aliphatic rings. The maximum absolute atomic E-state index is 13.1. The summed E-state index contributed by atoms with van der Waals surface area (Å²) in [5, 5.41) is 3.50. The van der Waals surface area contributed by atoms with E-state index in [1.807, 2.05) is 17.0 Å². The SMILES string of the molecule is CC(C)(C)C1CCC(C(=O)N2CCCN(C(=O)Nc3cccc(Cl)c3)CC2)CC1. The summed E-state index contributed by atoms with van der Waals surface area (Å²) >= 11 is 5.99. The molecule has 0 aromatic heterocycles. The van der Waals surface area contributed by atoms with E-state index in [4.69, 9.17) is 11.6 Å². The van der Waals surface area contributed by atoms with Crippen molar-refractivity contribution < 1.29 is 9.59 Å². The van der Waals surface area contributed by atoms with Crippen LogP contribution in [0.15, 0.2) is 24.3 Å². The fourth-order valence-electron chi connectivity index (χ4n) is 4.57. The van der Waals surface area contributed by atoms with Gasteiger partial charge in [-0.05, 0) is 61.6 Å². The normalized spacial score (nSPS) is 23.4. The molecule has 1 saturated heterocycles. The largest absolute Gasteiger partial charge is 0.341 e. The predicted octanol–water partition coefficient (Wildman–Crippen LogP) is 5.26. The van der Waals surface area contributed by atoms with Crippen LogP contribution in [0.4, 0.5) is 10.5 Å². The van der Waals surface area contributed by atoms with Gasteiger partial charge in [0.15, 0.2) is 0 Å². The number of rotatable bonds is 2. The molecule has 1 aromatic carbocycles. The van der Waals surface area contributed by atoms with Crippen LogP contribution in [0.25, 0.3) is 0 Å². The molecule has 1 N–H and O–H groups in total. The number of urea groups is 1. The van der Waals surface area contributed by atoms with Crippen LogP contribution < -0.4 is 5.32 Å². The number of carbonyl (C=O) groups excluding carboxylic acids is 2. The molecule has 1 aliphatic carbocycles. The van der Waals surface area contributed by atoms with E-state index in [2.05, 4.69) is 26.1 Å². The molecule has 1 heterocycles. The minimum Gasteiger partial charge on any atom is -0.341 e. The fraction of sp³-hybridized carbons (Fsp3) is 0.652. The van der Waals surface area contributed by atoms with Gasteiger partial charge in [0, 0.05) is 42.8 Å². The van der Waals surface area contributed by atoms with Gasteiger partial charge < -0.3 is 15.1 Å². The highest BCUT2D eigenvalue weighted by molar-refractivity contribution is 6.30. The van der Waals surface area contributed by atoms with Crippen LogP contribution in [-0.4, -0.2) is 47.9 Å². The van der Waals surface area contributed by atoms with Crippen LogP contribution in [-0.2, 0) is 4.79 Å². The summed E-state index contributed by atoms with van der Waals surface area (Å²) in [4.78, 5) is 29.4. The lowest BCUT2D eigenvalue weighted by atomic mass is 9.69. The second kappa shape index (κ2) is 9.38. The van der Waals surface area contributed by atoms with Gasteiger partial charge in [-0.3, -0.25) is 4.79 Å². The lowest BCUT2D eigenvalue weighted by molar-refractivity contribution is -0.137. The fourth-order valence-corrected chi connectivity index (χ4v) is 4.76. The zero-order valence-corrected chi connectivity index (χ0v) is 18.7. The van der Waals surface area contributed by atoms with Gasteiger partial charge in [-0.2, -0.15) is 0 Å². The summed E-state index contributed by atoms with van der Waals surface area (Å²) in [6.45, 7) is 9.48. The van der Waals surface area contributed by atoms with Gasteiger partial charge >= 0.3 is 6.03 Å². The maximum atomic E-state index is 13.1. The molecular weight excluding hydrogens is 386 g/mol. The topological polar surface area (TPSA) is 52.7 Å². The van der Waals surface area contributed by atoms with Crippen molar-refractivity contribution in [3.63, 3.8) is 0 Å². The molecule has 1 aromatic rings. The summed E-state index contributed by atoms with van der Waals surface area (Å²) < 4.78 is 0. The first-order chi connectivity index (χ1) is 13.7. The predicted molar refractivity (Wildman–Crippen MR) is 118 cm³/mol. The van der Waals surface area contributed by atoms with E-state index < -0.39 is 0 Å². The van der Waals surface area contributed by atoms with Crippen LogP contribution in [0.2, 0.25) is 5.02 Å². The number of hydrogen-bond acceptors (Lipinski definition) is 2. The molecule has 0 unspecified atom stereocenters. The molecule has 0 spiro atoms. The van der Waals surface area contributed by atoms with Crippen molar-refractivity contribution in [1.29, 1.82) is 0 Å². The Morgan fingerprint density at radius 3 is 2.31 bits per heavy atom.